The third-order valence-corrected chi connectivity index (χ3v) is 6.48. The molecule has 0 unspecified atom stereocenters. The fourth-order valence-electron chi connectivity index (χ4n) is 5.09. The molecule has 1 N–H and O–H groups in total. The van der Waals surface area contributed by atoms with Crippen LogP contribution in [0.2, 0.25) is 0 Å². The fraction of sp³-hybridized carbons (Fsp3) is 0.538. The van der Waals surface area contributed by atoms with E-state index in [1.165, 1.54) is 11.1 Å². The molecule has 0 aromatic heterocycles. The van der Waals surface area contributed by atoms with E-state index in [1.807, 2.05) is 18.2 Å². The standard InChI is InChI=1S/C26H35NO3/c1-26(2,3)15-20-16-27-11-10-19-12-25(30-17-18-8-6-5-7-9-18)24(29-4)13-21(19)22(27)14-23(20)28/h5-9,12-13,20,22-23,28H,10-11,14-17H2,1-4H3/t20-,22-,23-/m1/s1. The first-order valence-corrected chi connectivity index (χ1v) is 11.1. The summed E-state index contributed by atoms with van der Waals surface area (Å²) in [6.45, 7) is 9.32. The van der Waals surface area contributed by atoms with Gasteiger partial charge in [0.05, 0.1) is 13.2 Å². The zero-order valence-corrected chi connectivity index (χ0v) is 18.7. The van der Waals surface area contributed by atoms with Crippen molar-refractivity contribution >= 4 is 0 Å². The highest BCUT2D eigenvalue weighted by Gasteiger charge is 2.39. The largest absolute Gasteiger partial charge is 0.493 e. The summed E-state index contributed by atoms with van der Waals surface area (Å²) < 4.78 is 11.8. The highest BCUT2D eigenvalue weighted by molar-refractivity contribution is 5.49. The van der Waals surface area contributed by atoms with Gasteiger partial charge in [-0.05, 0) is 59.4 Å². The molecule has 0 amide bonds. The maximum Gasteiger partial charge on any atom is 0.161 e. The van der Waals surface area contributed by atoms with E-state index in [-0.39, 0.29) is 17.6 Å². The van der Waals surface area contributed by atoms with E-state index < -0.39 is 0 Å². The highest BCUT2D eigenvalue weighted by atomic mass is 16.5. The molecule has 4 nitrogen and oxygen atoms in total. The second-order valence-electron chi connectivity index (χ2n) is 10.1. The summed E-state index contributed by atoms with van der Waals surface area (Å²) in [4.78, 5) is 2.56. The summed E-state index contributed by atoms with van der Waals surface area (Å²) in [7, 11) is 1.70. The Morgan fingerprint density at radius 1 is 1.10 bits per heavy atom. The van der Waals surface area contributed by atoms with Gasteiger partial charge < -0.3 is 14.6 Å². The van der Waals surface area contributed by atoms with E-state index in [2.05, 4.69) is 49.9 Å². The maximum absolute atomic E-state index is 10.9. The predicted molar refractivity (Wildman–Crippen MR) is 120 cm³/mol. The van der Waals surface area contributed by atoms with Gasteiger partial charge in [-0.25, -0.2) is 0 Å². The normalized spacial score (nSPS) is 24.1. The van der Waals surface area contributed by atoms with Gasteiger partial charge in [0.1, 0.15) is 6.61 Å². The Bertz CT molecular complexity index is 859. The molecule has 2 heterocycles. The van der Waals surface area contributed by atoms with Crippen LogP contribution in [0.5, 0.6) is 11.5 Å². The molecular weight excluding hydrogens is 374 g/mol. The average molecular weight is 410 g/mol. The lowest BCUT2D eigenvalue weighted by molar-refractivity contribution is -0.0259. The molecule has 4 rings (SSSR count). The quantitative estimate of drug-likeness (QED) is 0.755. The first-order valence-electron chi connectivity index (χ1n) is 11.1. The molecule has 0 spiro atoms. The van der Waals surface area contributed by atoms with Gasteiger partial charge in [0, 0.05) is 19.1 Å². The van der Waals surface area contributed by atoms with Crippen molar-refractivity contribution in [1.29, 1.82) is 0 Å². The zero-order chi connectivity index (χ0) is 21.3. The molecule has 1 fully saturated rings. The molecule has 2 aromatic rings. The molecule has 1 saturated heterocycles. The second kappa shape index (κ2) is 8.60. The summed E-state index contributed by atoms with van der Waals surface area (Å²) in [6, 6.07) is 14.8. The average Bonchev–Trinajstić information content (AvgIpc) is 2.72. The van der Waals surface area contributed by atoms with Crippen LogP contribution in [0.3, 0.4) is 0 Å². The van der Waals surface area contributed by atoms with Gasteiger partial charge in [-0.15, -0.1) is 0 Å². The zero-order valence-electron chi connectivity index (χ0n) is 18.7. The molecule has 0 aliphatic carbocycles. The van der Waals surface area contributed by atoms with E-state index in [0.29, 0.717) is 12.5 Å². The van der Waals surface area contributed by atoms with Crippen LogP contribution in [0, 0.1) is 11.3 Å². The van der Waals surface area contributed by atoms with Crippen molar-refractivity contribution in [3.8, 4) is 11.5 Å². The third-order valence-electron chi connectivity index (χ3n) is 6.48. The fourth-order valence-corrected chi connectivity index (χ4v) is 5.09. The number of aliphatic hydroxyl groups excluding tert-OH is 1. The van der Waals surface area contributed by atoms with Crippen molar-refractivity contribution in [2.45, 2.75) is 58.8 Å². The first kappa shape index (κ1) is 21.2. The summed E-state index contributed by atoms with van der Waals surface area (Å²) in [5.74, 6) is 1.92. The summed E-state index contributed by atoms with van der Waals surface area (Å²) in [6.07, 6.45) is 2.60. The number of nitrogens with zero attached hydrogens (tertiary/aromatic N) is 1. The van der Waals surface area contributed by atoms with Crippen LogP contribution >= 0.6 is 0 Å². The van der Waals surface area contributed by atoms with E-state index in [9.17, 15) is 5.11 Å². The van der Waals surface area contributed by atoms with Gasteiger partial charge in [-0.3, -0.25) is 4.90 Å². The molecule has 0 saturated carbocycles. The molecule has 3 atom stereocenters. The van der Waals surface area contributed by atoms with Gasteiger partial charge >= 0.3 is 0 Å². The Morgan fingerprint density at radius 2 is 1.87 bits per heavy atom. The number of piperidine rings is 1. The molecule has 2 aromatic carbocycles. The van der Waals surface area contributed by atoms with Crippen molar-refractivity contribution in [2.75, 3.05) is 20.2 Å². The predicted octanol–water partition coefficient (Wildman–Crippen LogP) is 4.99. The summed E-state index contributed by atoms with van der Waals surface area (Å²) >= 11 is 0. The number of rotatable bonds is 5. The van der Waals surface area contributed by atoms with Crippen molar-refractivity contribution in [1.82, 2.24) is 4.90 Å². The lowest BCUT2D eigenvalue weighted by atomic mass is 9.75. The van der Waals surface area contributed by atoms with Gasteiger partial charge in [-0.1, -0.05) is 51.1 Å². The third kappa shape index (κ3) is 4.65. The Kier molecular flexibility index (Phi) is 6.08. The van der Waals surface area contributed by atoms with Gasteiger partial charge in [-0.2, -0.15) is 0 Å². The summed E-state index contributed by atoms with van der Waals surface area (Å²) in [5, 5.41) is 10.9. The lowest BCUT2D eigenvalue weighted by Crippen LogP contribution is -2.48. The minimum atomic E-state index is -0.253. The number of ether oxygens (including phenoxy) is 2. The van der Waals surface area contributed by atoms with Crippen LogP contribution in [0.1, 0.15) is 56.3 Å². The smallest absolute Gasteiger partial charge is 0.161 e. The number of hydrogen-bond acceptors (Lipinski definition) is 4. The van der Waals surface area contributed by atoms with E-state index in [4.69, 9.17) is 9.47 Å². The minimum Gasteiger partial charge on any atom is -0.493 e. The van der Waals surface area contributed by atoms with Crippen LogP contribution in [0.15, 0.2) is 42.5 Å². The Balaban J connectivity index is 1.53. The SMILES string of the molecule is COc1cc2c(cc1OCc1ccccc1)CCN1C[C@@H](CC(C)(C)C)[C@H](O)C[C@H]21. The molecule has 2 aliphatic rings. The number of benzene rings is 2. The molecule has 30 heavy (non-hydrogen) atoms. The van der Waals surface area contributed by atoms with Gasteiger partial charge in [0.2, 0.25) is 0 Å². The molecule has 162 valence electrons. The number of aliphatic hydroxyl groups is 1. The second-order valence-corrected chi connectivity index (χ2v) is 10.1. The first-order chi connectivity index (χ1) is 14.3. The monoisotopic (exact) mass is 409 g/mol. The van der Waals surface area contributed by atoms with E-state index in [0.717, 1.165) is 49.4 Å². The van der Waals surface area contributed by atoms with E-state index in [1.54, 1.807) is 7.11 Å². The molecule has 0 bridgehead atoms. The van der Waals surface area contributed by atoms with Crippen LogP contribution < -0.4 is 9.47 Å². The maximum atomic E-state index is 10.9. The van der Waals surface area contributed by atoms with Crippen LogP contribution in [-0.4, -0.2) is 36.3 Å². The molecular formula is C26H35NO3. The van der Waals surface area contributed by atoms with Crippen molar-refractivity contribution in [3.63, 3.8) is 0 Å². The van der Waals surface area contributed by atoms with Crippen molar-refractivity contribution in [2.24, 2.45) is 11.3 Å². The summed E-state index contributed by atoms with van der Waals surface area (Å²) in [5.41, 5.74) is 3.99. The van der Waals surface area contributed by atoms with E-state index >= 15 is 0 Å². The minimum absolute atomic E-state index is 0.236. The van der Waals surface area contributed by atoms with Gasteiger partial charge in [0.25, 0.3) is 0 Å². The van der Waals surface area contributed by atoms with Crippen LogP contribution in [-0.2, 0) is 13.0 Å². The lowest BCUT2D eigenvalue weighted by Gasteiger charge is -2.47. The number of hydrogen-bond donors (Lipinski definition) is 1. The molecule has 0 radical (unpaired) electrons. The molecule has 2 aliphatic heterocycles. The van der Waals surface area contributed by atoms with Crippen molar-refractivity contribution < 1.29 is 14.6 Å². The van der Waals surface area contributed by atoms with Crippen molar-refractivity contribution in [3.05, 3.63) is 59.2 Å². The topological polar surface area (TPSA) is 41.9 Å². The Morgan fingerprint density at radius 3 is 2.57 bits per heavy atom. The Hall–Kier alpha value is -2.04. The van der Waals surface area contributed by atoms with Crippen LogP contribution in [0.25, 0.3) is 0 Å². The van der Waals surface area contributed by atoms with Gasteiger partial charge in [0.15, 0.2) is 11.5 Å². The Labute approximate surface area is 180 Å². The van der Waals surface area contributed by atoms with Crippen LogP contribution in [0.4, 0.5) is 0 Å². The number of methoxy groups -OCH3 is 1. The number of fused-ring (bicyclic) bond motifs is 3. The highest BCUT2D eigenvalue weighted by Crippen LogP contribution is 2.44. The molecule has 4 heteroatoms.